The first-order valence-corrected chi connectivity index (χ1v) is 7.74. The molecule has 0 aliphatic carbocycles. The van der Waals surface area contributed by atoms with Crippen LogP contribution in [-0.2, 0) is 4.79 Å². The first-order valence-electron chi connectivity index (χ1n) is 7.33. The Morgan fingerprint density at radius 2 is 1.91 bits per heavy atom. The summed E-state index contributed by atoms with van der Waals surface area (Å²) in [5, 5.41) is 5.66. The van der Waals surface area contributed by atoms with Crippen LogP contribution >= 0.6 is 12.2 Å². The van der Waals surface area contributed by atoms with Crippen LogP contribution in [0.15, 0.2) is 24.3 Å². The average Bonchev–Trinajstić information content (AvgIpc) is 2.51. The second-order valence-corrected chi connectivity index (χ2v) is 5.66. The minimum absolute atomic E-state index is 0.0674. The standard InChI is InChI=1S/C15H23N5O2S/c1-4-9(2)12(18-14(16)22)13(21)19-20-15(23)17-11-8-6-5-7-10(11)3/h5-9,12H,4H2,1-3H3,(H,19,21)(H3,16,18,22)(H2,17,20,23)/t9-,12+/m1/s1. The SMILES string of the molecule is CC[C@@H](C)[C@H](NC(N)=O)C(=O)NNC(=S)Nc1ccccc1C. The highest BCUT2D eigenvalue weighted by atomic mass is 32.1. The summed E-state index contributed by atoms with van der Waals surface area (Å²) < 4.78 is 0. The van der Waals surface area contributed by atoms with Crippen molar-refractivity contribution in [1.29, 1.82) is 0 Å². The van der Waals surface area contributed by atoms with Crippen LogP contribution in [0.4, 0.5) is 10.5 Å². The lowest BCUT2D eigenvalue weighted by Crippen LogP contribution is -2.56. The maximum atomic E-state index is 12.2. The second kappa shape index (κ2) is 8.94. The number of nitrogens with one attached hydrogen (secondary N) is 4. The molecule has 8 heteroatoms. The smallest absolute Gasteiger partial charge is 0.312 e. The Kier molecular flexibility index (Phi) is 7.27. The van der Waals surface area contributed by atoms with Crippen molar-refractivity contribution in [2.45, 2.75) is 33.2 Å². The normalized spacial score (nSPS) is 12.7. The number of anilines is 1. The molecule has 1 aromatic carbocycles. The van der Waals surface area contributed by atoms with Gasteiger partial charge in [0.1, 0.15) is 6.04 Å². The summed E-state index contributed by atoms with van der Waals surface area (Å²) in [6, 6.07) is 6.15. The van der Waals surface area contributed by atoms with E-state index in [4.69, 9.17) is 18.0 Å². The van der Waals surface area contributed by atoms with Crippen LogP contribution in [0.2, 0.25) is 0 Å². The lowest BCUT2D eigenvalue weighted by molar-refractivity contribution is -0.124. The molecular weight excluding hydrogens is 314 g/mol. The van der Waals surface area contributed by atoms with Crippen molar-refractivity contribution < 1.29 is 9.59 Å². The Bertz CT molecular complexity index is 579. The summed E-state index contributed by atoms with van der Waals surface area (Å²) in [6.45, 7) is 5.72. The molecule has 2 atom stereocenters. The maximum Gasteiger partial charge on any atom is 0.312 e. The molecule has 126 valence electrons. The van der Waals surface area contributed by atoms with Crippen LogP contribution < -0.4 is 27.2 Å². The maximum absolute atomic E-state index is 12.2. The number of carbonyl (C=O) groups is 2. The predicted octanol–water partition coefficient (Wildman–Crippen LogP) is 1.40. The van der Waals surface area contributed by atoms with E-state index in [1.807, 2.05) is 45.0 Å². The molecule has 0 fully saturated rings. The molecule has 0 unspecified atom stereocenters. The fourth-order valence-corrected chi connectivity index (χ4v) is 2.08. The third-order valence-corrected chi connectivity index (χ3v) is 3.69. The number of thiocarbonyl (C=S) groups is 1. The molecule has 0 aromatic heterocycles. The minimum atomic E-state index is -0.744. The summed E-state index contributed by atoms with van der Waals surface area (Å²) in [6.07, 6.45) is 0.713. The van der Waals surface area contributed by atoms with E-state index in [1.54, 1.807) is 0 Å². The first-order chi connectivity index (χ1) is 10.8. The highest BCUT2D eigenvalue weighted by molar-refractivity contribution is 7.80. The molecule has 0 aliphatic heterocycles. The molecule has 0 aliphatic rings. The highest BCUT2D eigenvalue weighted by Crippen LogP contribution is 2.12. The Hall–Kier alpha value is -2.35. The lowest BCUT2D eigenvalue weighted by atomic mass is 9.99. The molecule has 23 heavy (non-hydrogen) atoms. The average molecular weight is 337 g/mol. The molecule has 0 spiro atoms. The topological polar surface area (TPSA) is 108 Å². The van der Waals surface area contributed by atoms with E-state index in [0.29, 0.717) is 6.42 Å². The highest BCUT2D eigenvalue weighted by Gasteiger charge is 2.25. The van der Waals surface area contributed by atoms with E-state index in [1.165, 1.54) is 0 Å². The zero-order chi connectivity index (χ0) is 17.4. The van der Waals surface area contributed by atoms with Gasteiger partial charge in [-0.15, -0.1) is 0 Å². The van der Waals surface area contributed by atoms with Crippen LogP contribution in [0.3, 0.4) is 0 Å². The number of carbonyl (C=O) groups excluding carboxylic acids is 2. The van der Waals surface area contributed by atoms with Gasteiger partial charge in [0, 0.05) is 5.69 Å². The summed E-state index contributed by atoms with van der Waals surface area (Å²) in [5.74, 6) is -0.478. The molecule has 0 saturated carbocycles. The second-order valence-electron chi connectivity index (χ2n) is 5.26. The third-order valence-electron chi connectivity index (χ3n) is 3.49. The number of hydrazine groups is 1. The van der Waals surface area contributed by atoms with Crippen LogP contribution in [-0.4, -0.2) is 23.1 Å². The Morgan fingerprint density at radius 3 is 2.48 bits per heavy atom. The summed E-state index contributed by atoms with van der Waals surface area (Å²) in [4.78, 5) is 23.2. The van der Waals surface area contributed by atoms with Crippen molar-refractivity contribution in [2.75, 3.05) is 5.32 Å². The number of primary amides is 1. The Labute approximate surface area is 141 Å². The lowest BCUT2D eigenvalue weighted by Gasteiger charge is -2.23. The first kappa shape index (κ1) is 18.7. The summed E-state index contributed by atoms with van der Waals surface area (Å²) in [7, 11) is 0. The van der Waals surface area contributed by atoms with Crippen LogP contribution in [0, 0.1) is 12.8 Å². The van der Waals surface area contributed by atoms with Gasteiger partial charge in [-0.2, -0.15) is 0 Å². The van der Waals surface area contributed by atoms with E-state index in [0.717, 1.165) is 11.3 Å². The molecular formula is C15H23N5O2S. The number of aryl methyl sites for hydroxylation is 1. The molecule has 1 rings (SSSR count). The van der Waals surface area contributed by atoms with E-state index < -0.39 is 18.0 Å². The van der Waals surface area contributed by atoms with Crippen LogP contribution in [0.25, 0.3) is 0 Å². The van der Waals surface area contributed by atoms with Crippen molar-refractivity contribution in [3.8, 4) is 0 Å². The number of urea groups is 1. The molecule has 0 heterocycles. The largest absolute Gasteiger partial charge is 0.352 e. The molecule has 0 saturated heterocycles. The van der Waals surface area contributed by atoms with Gasteiger partial charge in [-0.1, -0.05) is 38.5 Å². The van der Waals surface area contributed by atoms with Crippen molar-refractivity contribution in [3.63, 3.8) is 0 Å². The van der Waals surface area contributed by atoms with Gasteiger partial charge in [-0.25, -0.2) is 4.79 Å². The number of hydrogen-bond acceptors (Lipinski definition) is 3. The zero-order valence-electron chi connectivity index (χ0n) is 13.5. The summed E-state index contributed by atoms with van der Waals surface area (Å²) in [5.41, 5.74) is 12.1. The third kappa shape index (κ3) is 6.11. The predicted molar refractivity (Wildman–Crippen MR) is 94.6 cm³/mol. The molecule has 1 aromatic rings. The zero-order valence-corrected chi connectivity index (χ0v) is 14.3. The molecule has 3 amide bonds. The molecule has 7 nitrogen and oxygen atoms in total. The number of amides is 3. The molecule has 6 N–H and O–H groups in total. The van der Waals surface area contributed by atoms with Gasteiger partial charge in [-0.3, -0.25) is 15.6 Å². The van der Waals surface area contributed by atoms with Gasteiger partial charge in [-0.05, 0) is 36.7 Å². The van der Waals surface area contributed by atoms with Gasteiger partial charge < -0.3 is 16.4 Å². The van der Waals surface area contributed by atoms with Crippen molar-refractivity contribution >= 4 is 35.0 Å². The Balaban J connectivity index is 2.57. The fourth-order valence-electron chi connectivity index (χ4n) is 1.92. The number of rotatable bonds is 5. The molecule has 0 radical (unpaired) electrons. The Morgan fingerprint density at radius 1 is 1.26 bits per heavy atom. The van der Waals surface area contributed by atoms with E-state index >= 15 is 0 Å². The number of para-hydroxylation sites is 1. The van der Waals surface area contributed by atoms with E-state index in [9.17, 15) is 9.59 Å². The molecule has 0 bridgehead atoms. The van der Waals surface area contributed by atoms with Crippen LogP contribution in [0.1, 0.15) is 25.8 Å². The van der Waals surface area contributed by atoms with Gasteiger partial charge in [0.25, 0.3) is 5.91 Å². The van der Waals surface area contributed by atoms with Gasteiger partial charge in [0.15, 0.2) is 5.11 Å². The van der Waals surface area contributed by atoms with Gasteiger partial charge >= 0.3 is 6.03 Å². The number of benzene rings is 1. The fraction of sp³-hybridized carbons (Fsp3) is 0.400. The van der Waals surface area contributed by atoms with Crippen molar-refractivity contribution in [2.24, 2.45) is 11.7 Å². The number of hydrogen-bond donors (Lipinski definition) is 5. The van der Waals surface area contributed by atoms with Gasteiger partial charge in [0.05, 0.1) is 0 Å². The van der Waals surface area contributed by atoms with Crippen LogP contribution in [0.5, 0.6) is 0 Å². The van der Waals surface area contributed by atoms with E-state index in [2.05, 4.69) is 21.5 Å². The summed E-state index contributed by atoms with van der Waals surface area (Å²) >= 11 is 5.13. The van der Waals surface area contributed by atoms with Gasteiger partial charge in [0.2, 0.25) is 0 Å². The number of nitrogens with two attached hydrogens (primary N) is 1. The minimum Gasteiger partial charge on any atom is -0.352 e. The van der Waals surface area contributed by atoms with E-state index in [-0.39, 0.29) is 11.0 Å². The quantitative estimate of drug-likeness (QED) is 0.412. The van der Waals surface area contributed by atoms with Crippen molar-refractivity contribution in [1.82, 2.24) is 16.2 Å². The van der Waals surface area contributed by atoms with Crippen molar-refractivity contribution in [3.05, 3.63) is 29.8 Å². The monoisotopic (exact) mass is 337 g/mol.